The number of likely N-dealkylation sites (tertiary alicyclic amines) is 1. The summed E-state index contributed by atoms with van der Waals surface area (Å²) in [5, 5.41) is 11.7. The number of nitrogens with zero attached hydrogens (tertiary/aromatic N) is 1. The van der Waals surface area contributed by atoms with Crippen molar-refractivity contribution >= 4 is 12.2 Å². The molecule has 1 unspecified atom stereocenters. The molecule has 0 bridgehead atoms. The van der Waals surface area contributed by atoms with E-state index in [1.165, 1.54) is 4.90 Å². The van der Waals surface area contributed by atoms with Crippen molar-refractivity contribution in [1.82, 2.24) is 10.2 Å². The molecule has 6 nitrogen and oxygen atoms in total. The van der Waals surface area contributed by atoms with Crippen molar-refractivity contribution in [3.8, 4) is 0 Å². The Hall–Kier alpha value is -2.50. The summed E-state index contributed by atoms with van der Waals surface area (Å²) in [4.78, 5) is 24.1. The van der Waals surface area contributed by atoms with Gasteiger partial charge in [-0.3, -0.25) is 0 Å². The molecule has 1 aliphatic heterocycles. The van der Waals surface area contributed by atoms with Crippen LogP contribution in [-0.4, -0.2) is 41.3 Å². The van der Waals surface area contributed by atoms with E-state index < -0.39 is 12.2 Å². The van der Waals surface area contributed by atoms with Crippen LogP contribution < -0.4 is 5.32 Å². The van der Waals surface area contributed by atoms with Gasteiger partial charge in [-0.15, -0.1) is 6.58 Å². The van der Waals surface area contributed by atoms with Crippen LogP contribution in [0.5, 0.6) is 0 Å². The summed E-state index contributed by atoms with van der Waals surface area (Å²) in [7, 11) is 0. The molecule has 22 heavy (non-hydrogen) atoms. The largest absolute Gasteiger partial charge is 0.465 e. The van der Waals surface area contributed by atoms with Crippen molar-refractivity contribution in [2.45, 2.75) is 19.1 Å². The molecule has 2 N–H and O–H groups in total. The molecule has 2 rings (SSSR count). The van der Waals surface area contributed by atoms with Crippen molar-refractivity contribution in [3.63, 3.8) is 0 Å². The first-order valence-corrected chi connectivity index (χ1v) is 7.18. The van der Waals surface area contributed by atoms with Crippen molar-refractivity contribution in [2.24, 2.45) is 5.92 Å². The molecule has 0 spiro atoms. The minimum atomic E-state index is -0.933. The van der Waals surface area contributed by atoms with E-state index in [1.54, 1.807) is 6.08 Å². The molecular weight excluding hydrogens is 284 g/mol. The summed E-state index contributed by atoms with van der Waals surface area (Å²) in [5.74, 6) is 0.0258. The van der Waals surface area contributed by atoms with Gasteiger partial charge in [0.1, 0.15) is 6.61 Å². The van der Waals surface area contributed by atoms with Gasteiger partial charge in [0.05, 0.1) is 6.04 Å². The normalized spacial score (nSPS) is 18.5. The molecule has 0 radical (unpaired) electrons. The Morgan fingerprint density at radius 3 is 2.77 bits per heavy atom. The second-order valence-corrected chi connectivity index (χ2v) is 5.24. The van der Waals surface area contributed by atoms with Crippen LogP contribution in [0.15, 0.2) is 43.0 Å². The maximum Gasteiger partial charge on any atom is 0.407 e. The highest BCUT2D eigenvalue weighted by atomic mass is 16.5. The zero-order chi connectivity index (χ0) is 15.9. The SMILES string of the molecule is C=CC(NC(=O)OCc1ccccc1)[C@H]1CCN(C(=O)O)C1. The first-order valence-electron chi connectivity index (χ1n) is 7.18. The molecular formula is C16H20N2O4. The third kappa shape index (κ3) is 4.25. The van der Waals surface area contributed by atoms with Crippen LogP contribution in [0, 0.1) is 5.92 Å². The predicted octanol–water partition coefficient (Wildman–Crippen LogP) is 2.47. The Balaban J connectivity index is 1.81. The van der Waals surface area contributed by atoms with Crippen LogP contribution in [0.2, 0.25) is 0 Å². The molecule has 1 aromatic carbocycles. The Bertz CT molecular complexity index is 532. The van der Waals surface area contributed by atoms with Crippen LogP contribution in [0.1, 0.15) is 12.0 Å². The monoisotopic (exact) mass is 304 g/mol. The van der Waals surface area contributed by atoms with Gasteiger partial charge in [-0.2, -0.15) is 0 Å². The highest BCUT2D eigenvalue weighted by molar-refractivity contribution is 5.68. The van der Waals surface area contributed by atoms with E-state index in [0.717, 1.165) is 5.56 Å². The molecule has 2 atom stereocenters. The van der Waals surface area contributed by atoms with Crippen LogP contribution in [0.4, 0.5) is 9.59 Å². The van der Waals surface area contributed by atoms with Gasteiger partial charge in [-0.05, 0) is 12.0 Å². The van der Waals surface area contributed by atoms with E-state index >= 15 is 0 Å². The lowest BCUT2D eigenvalue weighted by Gasteiger charge is -2.21. The molecule has 0 aromatic heterocycles. The summed E-state index contributed by atoms with van der Waals surface area (Å²) >= 11 is 0. The summed E-state index contributed by atoms with van der Waals surface area (Å²) < 4.78 is 5.17. The topological polar surface area (TPSA) is 78.9 Å². The second kappa shape index (κ2) is 7.49. The van der Waals surface area contributed by atoms with Crippen molar-refractivity contribution in [3.05, 3.63) is 48.6 Å². The average molecular weight is 304 g/mol. The lowest BCUT2D eigenvalue weighted by Crippen LogP contribution is -2.40. The summed E-state index contributed by atoms with van der Waals surface area (Å²) in [6.07, 6.45) is 0.862. The number of hydrogen-bond donors (Lipinski definition) is 2. The van der Waals surface area contributed by atoms with E-state index in [0.29, 0.717) is 19.5 Å². The number of carbonyl (C=O) groups excluding carboxylic acids is 1. The number of rotatable bonds is 5. The van der Waals surface area contributed by atoms with Gasteiger partial charge in [-0.25, -0.2) is 9.59 Å². The molecule has 1 aromatic rings. The fourth-order valence-corrected chi connectivity index (χ4v) is 2.52. The van der Waals surface area contributed by atoms with Crippen LogP contribution in [-0.2, 0) is 11.3 Å². The number of hydrogen-bond acceptors (Lipinski definition) is 3. The van der Waals surface area contributed by atoms with Gasteiger partial charge in [0, 0.05) is 19.0 Å². The number of carbonyl (C=O) groups is 2. The van der Waals surface area contributed by atoms with Gasteiger partial charge in [0.15, 0.2) is 0 Å². The Kier molecular flexibility index (Phi) is 5.41. The fraction of sp³-hybridized carbons (Fsp3) is 0.375. The number of benzene rings is 1. The molecule has 1 fully saturated rings. The van der Waals surface area contributed by atoms with E-state index in [4.69, 9.17) is 9.84 Å². The minimum Gasteiger partial charge on any atom is -0.465 e. The average Bonchev–Trinajstić information content (AvgIpc) is 3.01. The summed E-state index contributed by atoms with van der Waals surface area (Å²) in [6.45, 7) is 4.78. The maximum absolute atomic E-state index is 11.8. The first-order chi connectivity index (χ1) is 10.6. The zero-order valence-corrected chi connectivity index (χ0v) is 12.3. The minimum absolute atomic E-state index is 0.0258. The Labute approximate surface area is 129 Å². The molecule has 1 aliphatic rings. The lowest BCUT2D eigenvalue weighted by molar-refractivity contribution is 0.134. The Morgan fingerprint density at radius 1 is 1.45 bits per heavy atom. The number of alkyl carbamates (subject to hydrolysis) is 1. The quantitative estimate of drug-likeness (QED) is 0.819. The molecule has 118 valence electrons. The molecule has 0 saturated carbocycles. The highest BCUT2D eigenvalue weighted by Gasteiger charge is 2.31. The molecule has 1 heterocycles. The van der Waals surface area contributed by atoms with Crippen LogP contribution in [0.25, 0.3) is 0 Å². The smallest absolute Gasteiger partial charge is 0.407 e. The Morgan fingerprint density at radius 2 is 2.18 bits per heavy atom. The molecule has 1 saturated heterocycles. The van der Waals surface area contributed by atoms with Gasteiger partial charge < -0.3 is 20.1 Å². The number of amides is 2. The highest BCUT2D eigenvalue weighted by Crippen LogP contribution is 2.20. The third-order valence-corrected chi connectivity index (χ3v) is 3.75. The summed E-state index contributed by atoms with van der Waals surface area (Å²) in [6, 6.07) is 9.10. The number of carboxylic acid groups (broad SMARTS) is 1. The van der Waals surface area contributed by atoms with Gasteiger partial charge >= 0.3 is 12.2 Å². The predicted molar refractivity (Wildman–Crippen MR) is 81.5 cm³/mol. The van der Waals surface area contributed by atoms with Crippen LogP contribution >= 0.6 is 0 Å². The number of ether oxygens (including phenoxy) is 1. The van der Waals surface area contributed by atoms with Crippen molar-refractivity contribution in [2.75, 3.05) is 13.1 Å². The van der Waals surface area contributed by atoms with E-state index in [1.807, 2.05) is 30.3 Å². The van der Waals surface area contributed by atoms with Gasteiger partial charge in [-0.1, -0.05) is 36.4 Å². The standard InChI is InChI=1S/C16H20N2O4/c1-2-14(13-8-9-18(10-13)16(20)21)17-15(19)22-11-12-6-4-3-5-7-12/h2-7,13-14H,1,8-11H2,(H,17,19)(H,20,21)/t13-,14?/m0/s1. The lowest BCUT2D eigenvalue weighted by atomic mass is 9.99. The number of nitrogens with one attached hydrogen (secondary N) is 1. The van der Waals surface area contributed by atoms with Crippen LogP contribution in [0.3, 0.4) is 0 Å². The first kappa shape index (κ1) is 15.9. The van der Waals surface area contributed by atoms with Gasteiger partial charge in [0.25, 0.3) is 0 Å². The second-order valence-electron chi connectivity index (χ2n) is 5.24. The van der Waals surface area contributed by atoms with Crippen molar-refractivity contribution < 1.29 is 19.4 Å². The maximum atomic E-state index is 11.8. The summed E-state index contributed by atoms with van der Waals surface area (Å²) in [5.41, 5.74) is 0.908. The molecule has 0 aliphatic carbocycles. The van der Waals surface area contributed by atoms with E-state index in [-0.39, 0.29) is 18.6 Å². The van der Waals surface area contributed by atoms with Crippen molar-refractivity contribution in [1.29, 1.82) is 0 Å². The van der Waals surface area contributed by atoms with E-state index in [2.05, 4.69) is 11.9 Å². The molecule has 2 amide bonds. The zero-order valence-electron chi connectivity index (χ0n) is 12.3. The third-order valence-electron chi connectivity index (χ3n) is 3.75. The van der Waals surface area contributed by atoms with Gasteiger partial charge in [0.2, 0.25) is 0 Å². The fourth-order valence-electron chi connectivity index (χ4n) is 2.52. The molecule has 6 heteroatoms. The van der Waals surface area contributed by atoms with E-state index in [9.17, 15) is 9.59 Å².